The zero-order valence-electron chi connectivity index (χ0n) is 32.9. The molecule has 3 saturated carbocycles. The second kappa shape index (κ2) is 14.9. The highest BCUT2D eigenvalue weighted by molar-refractivity contribution is 7.89. The van der Waals surface area contributed by atoms with Gasteiger partial charge in [-0.05, 0) is 118 Å². The first-order chi connectivity index (χ1) is 25.7. The van der Waals surface area contributed by atoms with Crippen LogP contribution >= 0.6 is 0 Å². The molecule has 0 radical (unpaired) electrons. The summed E-state index contributed by atoms with van der Waals surface area (Å²) >= 11 is 0. The van der Waals surface area contributed by atoms with E-state index in [2.05, 4.69) is 28.8 Å². The fourth-order valence-corrected chi connectivity index (χ4v) is 12.1. The van der Waals surface area contributed by atoms with Crippen molar-refractivity contribution in [1.82, 2.24) is 29.0 Å². The lowest BCUT2D eigenvalue weighted by molar-refractivity contribution is -0.118. The number of aryl methyl sites for hydroxylation is 2. The monoisotopic (exact) mass is 762 g/mol. The van der Waals surface area contributed by atoms with E-state index in [4.69, 9.17) is 9.72 Å². The van der Waals surface area contributed by atoms with Gasteiger partial charge in [-0.15, -0.1) is 0 Å². The number of aliphatic hydroxyl groups is 1. The Morgan fingerprint density at radius 3 is 2.46 bits per heavy atom. The molecule has 54 heavy (non-hydrogen) atoms. The maximum atomic E-state index is 13.3. The van der Waals surface area contributed by atoms with E-state index in [9.17, 15) is 23.1 Å². The second-order valence-corrected chi connectivity index (χ2v) is 18.8. The van der Waals surface area contributed by atoms with Crippen molar-refractivity contribution in [3.8, 4) is 17.1 Å². The van der Waals surface area contributed by atoms with Crippen molar-refractivity contribution < 1.29 is 23.1 Å². The van der Waals surface area contributed by atoms with E-state index in [-0.39, 0.29) is 33.2 Å². The number of carbonyl (C=O) groups is 1. The van der Waals surface area contributed by atoms with Gasteiger partial charge in [0, 0.05) is 39.6 Å². The first kappa shape index (κ1) is 38.9. The highest BCUT2D eigenvalue weighted by atomic mass is 32.2. The molecule has 8 rings (SSSR count). The summed E-state index contributed by atoms with van der Waals surface area (Å²) < 4.78 is 35.4. The average Bonchev–Trinajstić information content (AvgIpc) is 3.63. The molecular weight excluding hydrogens is 705 g/mol. The zero-order valence-corrected chi connectivity index (χ0v) is 33.7. The SMILES string of the molecule is CCCc1nn(C)c2c(=O)[nH]c(-c3cc(S(=O)(=O)N4CCN(C)CC4)ccc3OCC)nc12.C[C@]12CC[C@H]3[C@@H](CCC4=CC(=O)CC[C@@]43C)[C@@H]1CC[C@@H]2O. The summed E-state index contributed by atoms with van der Waals surface area (Å²) in [5.41, 5.74) is 3.63. The zero-order chi connectivity index (χ0) is 38.6. The third-order valence-electron chi connectivity index (χ3n) is 13.8. The van der Waals surface area contributed by atoms with Gasteiger partial charge in [-0.25, -0.2) is 13.4 Å². The molecule has 0 amide bonds. The Balaban J connectivity index is 0.000000183. The number of rotatable bonds is 7. The Labute approximate surface area is 319 Å². The molecule has 12 nitrogen and oxygen atoms in total. The molecule has 6 atom stereocenters. The van der Waals surface area contributed by atoms with E-state index in [1.165, 1.54) is 40.2 Å². The van der Waals surface area contributed by atoms with E-state index in [0.29, 0.717) is 73.3 Å². The standard InChI is InChI=1S/C22H30N6O4S.C19H28O2/c1-5-7-17-19-20(27(4)25-17)22(29)24-21(23-19)16-14-15(8-9-18(16)32-6-2)33(30,31)28-12-10-26(3)11-13-28;1-18-9-7-13(20)11-12(18)3-4-14-15-5-6-17(21)19(15,2)10-8-16(14)18/h8-9,14H,5-7,10-13H2,1-4H3,(H,23,24,29);11,14-17,21H,3-10H2,1-2H3/t;14-,15-,16-,17-,18-,19-/m.0/s1. The third-order valence-corrected chi connectivity index (χ3v) is 15.7. The van der Waals surface area contributed by atoms with Crippen LogP contribution in [0.4, 0.5) is 0 Å². The van der Waals surface area contributed by atoms with Crippen LogP contribution in [0.5, 0.6) is 5.75 Å². The molecule has 13 heteroatoms. The first-order valence-electron chi connectivity index (χ1n) is 20.0. The van der Waals surface area contributed by atoms with Crippen LogP contribution in [0, 0.1) is 28.6 Å². The number of aromatic amines is 1. The van der Waals surface area contributed by atoms with Crippen LogP contribution in [0.15, 0.2) is 39.5 Å². The molecule has 2 N–H and O–H groups in total. The Hall–Kier alpha value is -3.39. The van der Waals surface area contributed by atoms with Gasteiger partial charge in [0.1, 0.15) is 17.1 Å². The molecule has 294 valence electrons. The van der Waals surface area contributed by atoms with Gasteiger partial charge in [0.25, 0.3) is 5.56 Å². The van der Waals surface area contributed by atoms with Crippen LogP contribution in [0.25, 0.3) is 22.4 Å². The Morgan fingerprint density at radius 2 is 1.74 bits per heavy atom. The van der Waals surface area contributed by atoms with Crippen LogP contribution in [-0.2, 0) is 28.3 Å². The smallest absolute Gasteiger partial charge is 0.277 e. The molecule has 2 aromatic heterocycles. The Kier molecular flexibility index (Phi) is 10.7. The number of allylic oxidation sites excluding steroid dienone is 1. The summed E-state index contributed by atoms with van der Waals surface area (Å²) in [7, 11) is -0.00831. The lowest BCUT2D eigenvalue weighted by atomic mass is 9.47. The lowest BCUT2D eigenvalue weighted by Crippen LogP contribution is -2.51. The molecule has 5 aliphatic rings. The van der Waals surface area contributed by atoms with Gasteiger partial charge in [-0.3, -0.25) is 14.3 Å². The van der Waals surface area contributed by atoms with Crippen molar-refractivity contribution in [2.24, 2.45) is 35.6 Å². The fraction of sp³-hybridized carbons (Fsp3) is 0.659. The van der Waals surface area contributed by atoms with Crippen molar-refractivity contribution in [2.75, 3.05) is 39.8 Å². The van der Waals surface area contributed by atoms with Gasteiger partial charge in [-0.2, -0.15) is 9.40 Å². The summed E-state index contributed by atoms with van der Waals surface area (Å²) in [4.78, 5) is 34.4. The summed E-state index contributed by atoms with van der Waals surface area (Å²) in [6.45, 7) is 11.2. The van der Waals surface area contributed by atoms with Crippen molar-refractivity contribution in [1.29, 1.82) is 0 Å². The van der Waals surface area contributed by atoms with E-state index >= 15 is 0 Å². The van der Waals surface area contributed by atoms with E-state index in [1.54, 1.807) is 25.2 Å². The van der Waals surface area contributed by atoms with Crippen LogP contribution in [0.2, 0.25) is 0 Å². The number of ether oxygens (including phenoxy) is 1. The van der Waals surface area contributed by atoms with Crippen molar-refractivity contribution in [3.05, 3.63) is 45.9 Å². The summed E-state index contributed by atoms with van der Waals surface area (Å²) in [5.74, 6) is 3.29. The molecule has 4 fully saturated rings. The molecule has 0 unspecified atom stereocenters. The summed E-state index contributed by atoms with van der Waals surface area (Å²) in [6.07, 6.45) is 12.3. The number of ketones is 1. The van der Waals surface area contributed by atoms with Crippen LogP contribution in [0.1, 0.15) is 91.2 Å². The molecule has 1 aromatic carbocycles. The molecule has 4 aliphatic carbocycles. The van der Waals surface area contributed by atoms with Gasteiger partial charge in [-0.1, -0.05) is 32.8 Å². The fourth-order valence-electron chi connectivity index (χ4n) is 10.6. The first-order valence-corrected chi connectivity index (χ1v) is 21.5. The maximum absolute atomic E-state index is 13.3. The maximum Gasteiger partial charge on any atom is 0.277 e. The number of nitrogens with one attached hydrogen (secondary N) is 1. The number of carbonyl (C=O) groups excluding carboxylic acids is 1. The number of hydrogen-bond donors (Lipinski definition) is 2. The quantitative estimate of drug-likeness (QED) is 0.319. The third kappa shape index (κ3) is 6.77. The predicted molar refractivity (Wildman–Crippen MR) is 209 cm³/mol. The summed E-state index contributed by atoms with van der Waals surface area (Å²) in [6, 6.07) is 4.71. The van der Waals surface area contributed by atoms with E-state index in [0.717, 1.165) is 49.6 Å². The van der Waals surface area contributed by atoms with Crippen molar-refractivity contribution in [3.63, 3.8) is 0 Å². The number of aromatic nitrogens is 4. The molecule has 0 bridgehead atoms. The Bertz CT molecular complexity index is 2100. The lowest BCUT2D eigenvalue weighted by Gasteiger charge is -2.57. The van der Waals surface area contributed by atoms with Crippen LogP contribution in [-0.4, -0.2) is 94.2 Å². The summed E-state index contributed by atoms with van der Waals surface area (Å²) in [5, 5.41) is 14.9. The highest BCUT2D eigenvalue weighted by Gasteiger charge is 2.58. The van der Waals surface area contributed by atoms with Gasteiger partial charge in [0.2, 0.25) is 10.0 Å². The Morgan fingerprint density at radius 1 is 0.981 bits per heavy atom. The van der Waals surface area contributed by atoms with Crippen molar-refractivity contribution in [2.45, 2.75) is 103 Å². The minimum atomic E-state index is -3.70. The number of aliphatic hydroxyl groups excluding tert-OH is 1. The van der Waals surface area contributed by atoms with Gasteiger partial charge >= 0.3 is 0 Å². The number of hydrogen-bond acceptors (Lipinski definition) is 9. The highest BCUT2D eigenvalue weighted by Crippen LogP contribution is 2.65. The van der Waals surface area contributed by atoms with E-state index < -0.39 is 10.0 Å². The van der Waals surface area contributed by atoms with Gasteiger partial charge in [0.15, 0.2) is 11.3 Å². The number of nitrogens with zero attached hydrogens (tertiary/aromatic N) is 5. The molecule has 0 spiro atoms. The number of benzene rings is 1. The van der Waals surface area contributed by atoms with Gasteiger partial charge < -0.3 is 19.7 Å². The van der Waals surface area contributed by atoms with Crippen LogP contribution in [0.3, 0.4) is 0 Å². The number of H-pyrrole nitrogens is 1. The van der Waals surface area contributed by atoms with E-state index in [1.807, 2.05) is 27.0 Å². The minimum Gasteiger partial charge on any atom is -0.493 e. The molecule has 1 saturated heterocycles. The van der Waals surface area contributed by atoms with Gasteiger partial charge in [0.05, 0.1) is 28.9 Å². The minimum absolute atomic E-state index is 0.0823. The average molecular weight is 763 g/mol. The van der Waals surface area contributed by atoms with Crippen LogP contribution < -0.4 is 10.3 Å². The topological polar surface area (TPSA) is 151 Å². The molecule has 1 aliphatic heterocycles. The van der Waals surface area contributed by atoms with Crippen molar-refractivity contribution >= 4 is 26.8 Å². The number of fused-ring (bicyclic) bond motifs is 6. The second-order valence-electron chi connectivity index (χ2n) is 16.8. The molecular formula is C41H58N6O6S. The normalized spacial score (nSPS) is 30.2. The number of sulfonamides is 1. The largest absolute Gasteiger partial charge is 0.493 e. The molecule has 3 heterocycles. The number of piperazine rings is 1. The molecule has 3 aromatic rings. The number of likely N-dealkylation sites (N-methyl/N-ethyl adjacent to an activating group) is 1. The predicted octanol–water partition coefficient (Wildman–Crippen LogP) is 5.49.